The molecule has 0 unspecified atom stereocenters. The molecule has 40 heavy (non-hydrogen) atoms. The van der Waals surface area contributed by atoms with E-state index in [1.54, 1.807) is 23.1 Å². The van der Waals surface area contributed by atoms with Crippen LogP contribution in [-0.2, 0) is 29.0 Å². The van der Waals surface area contributed by atoms with E-state index in [2.05, 4.69) is 5.32 Å². The van der Waals surface area contributed by atoms with Crippen LogP contribution in [0.3, 0.4) is 0 Å². The largest absolute Gasteiger partial charge is 0.486 e. The highest BCUT2D eigenvalue weighted by atomic mass is 35.5. The van der Waals surface area contributed by atoms with Crippen LogP contribution < -0.4 is 14.8 Å². The molecule has 1 aliphatic carbocycles. The molecule has 210 valence electrons. The lowest BCUT2D eigenvalue weighted by Gasteiger charge is -2.33. The summed E-state index contributed by atoms with van der Waals surface area (Å²) in [6.07, 6.45) is 5.20. The van der Waals surface area contributed by atoms with Crippen LogP contribution in [0.25, 0.3) is 0 Å². The molecule has 3 aromatic rings. The first kappa shape index (κ1) is 28.3. The van der Waals surface area contributed by atoms with Gasteiger partial charge in [0, 0.05) is 41.0 Å². The number of hydrogen-bond acceptors (Lipinski definition) is 4. The fourth-order valence-corrected chi connectivity index (χ4v) is 5.93. The number of carbonyl (C=O) groups excluding carboxylic acids is 2. The van der Waals surface area contributed by atoms with E-state index in [1.807, 2.05) is 48.5 Å². The molecule has 1 aliphatic heterocycles. The van der Waals surface area contributed by atoms with Crippen LogP contribution >= 0.6 is 23.2 Å². The number of benzene rings is 3. The highest BCUT2D eigenvalue weighted by molar-refractivity contribution is 6.36. The van der Waals surface area contributed by atoms with Gasteiger partial charge in [-0.25, -0.2) is 0 Å². The molecule has 0 bridgehead atoms. The highest BCUT2D eigenvalue weighted by Crippen LogP contribution is 2.32. The van der Waals surface area contributed by atoms with Gasteiger partial charge in [0.1, 0.15) is 19.3 Å². The average molecular weight is 582 g/mol. The summed E-state index contributed by atoms with van der Waals surface area (Å²) in [6.45, 7) is 1.16. The summed E-state index contributed by atoms with van der Waals surface area (Å²) in [6, 6.07) is 20.2. The second-order valence-electron chi connectivity index (χ2n) is 10.4. The number of nitrogens with one attached hydrogen (secondary N) is 1. The summed E-state index contributed by atoms with van der Waals surface area (Å²) in [4.78, 5) is 29.5. The van der Waals surface area contributed by atoms with Crippen molar-refractivity contribution in [1.29, 1.82) is 0 Å². The Balaban J connectivity index is 1.42. The molecular weight excluding hydrogens is 547 g/mol. The maximum atomic E-state index is 14.0. The molecule has 0 spiro atoms. The predicted octanol–water partition coefficient (Wildman–Crippen LogP) is 6.40. The topological polar surface area (TPSA) is 67.9 Å². The van der Waals surface area contributed by atoms with E-state index in [4.69, 9.17) is 32.7 Å². The Morgan fingerprint density at radius 2 is 1.57 bits per heavy atom. The lowest BCUT2D eigenvalue weighted by molar-refractivity contribution is -0.141. The maximum absolute atomic E-state index is 14.0. The SMILES string of the molecule is O=C(NC1CCCC1)[C@@H](Cc1ccccc1)N(Cc1c(Cl)cccc1Cl)C(=O)CCc1ccc2c(c1)OCCO2. The van der Waals surface area contributed by atoms with Gasteiger partial charge in [-0.05, 0) is 54.7 Å². The van der Waals surface area contributed by atoms with Crippen molar-refractivity contribution in [3.63, 3.8) is 0 Å². The summed E-state index contributed by atoms with van der Waals surface area (Å²) in [5, 5.41) is 4.16. The Bertz CT molecular complexity index is 1310. The van der Waals surface area contributed by atoms with Gasteiger partial charge >= 0.3 is 0 Å². The fraction of sp³-hybridized carbons (Fsp3) is 0.375. The third-order valence-electron chi connectivity index (χ3n) is 7.60. The Kier molecular flexibility index (Phi) is 9.50. The van der Waals surface area contributed by atoms with Crippen molar-refractivity contribution in [2.75, 3.05) is 13.2 Å². The second-order valence-corrected chi connectivity index (χ2v) is 11.2. The number of hydrogen-bond donors (Lipinski definition) is 1. The van der Waals surface area contributed by atoms with Crippen molar-refractivity contribution >= 4 is 35.0 Å². The quantitative estimate of drug-likeness (QED) is 0.301. The zero-order valence-corrected chi connectivity index (χ0v) is 23.9. The molecule has 1 heterocycles. The minimum absolute atomic E-state index is 0.129. The molecule has 0 radical (unpaired) electrons. The van der Waals surface area contributed by atoms with E-state index in [9.17, 15) is 9.59 Å². The number of aryl methyl sites for hydroxylation is 1. The molecule has 1 atom stereocenters. The normalized spacial score (nSPS) is 15.4. The van der Waals surface area contributed by atoms with Gasteiger partial charge in [0.25, 0.3) is 0 Å². The molecule has 5 rings (SSSR count). The van der Waals surface area contributed by atoms with E-state index >= 15 is 0 Å². The first-order valence-corrected chi connectivity index (χ1v) is 14.7. The molecule has 1 fully saturated rings. The third-order valence-corrected chi connectivity index (χ3v) is 8.31. The molecule has 3 aromatic carbocycles. The predicted molar refractivity (Wildman–Crippen MR) is 157 cm³/mol. The highest BCUT2D eigenvalue weighted by Gasteiger charge is 2.33. The molecule has 2 amide bonds. The van der Waals surface area contributed by atoms with Crippen molar-refractivity contribution in [2.45, 2.75) is 63.6 Å². The minimum atomic E-state index is -0.719. The van der Waals surface area contributed by atoms with E-state index in [0.717, 1.165) is 36.8 Å². The van der Waals surface area contributed by atoms with Crippen molar-refractivity contribution in [2.24, 2.45) is 0 Å². The maximum Gasteiger partial charge on any atom is 0.243 e. The van der Waals surface area contributed by atoms with Crippen molar-refractivity contribution < 1.29 is 19.1 Å². The molecule has 0 aromatic heterocycles. The Morgan fingerprint density at radius 1 is 0.875 bits per heavy atom. The zero-order valence-electron chi connectivity index (χ0n) is 22.4. The standard InChI is InChI=1S/C32H34Cl2N2O4/c33-26-11-6-12-27(34)25(26)21-36(31(37)16-14-23-13-15-29-30(20-23)40-18-17-39-29)28(19-22-7-2-1-3-8-22)32(38)35-24-9-4-5-10-24/h1-3,6-8,11-13,15,20,24,28H,4-5,9-10,14,16-19,21H2,(H,35,38)/t28-/m1/s1. The van der Waals surface area contributed by atoms with Crippen LogP contribution in [-0.4, -0.2) is 42.0 Å². The fourth-order valence-electron chi connectivity index (χ4n) is 5.41. The molecule has 2 aliphatic rings. The van der Waals surface area contributed by atoms with Gasteiger partial charge in [-0.3, -0.25) is 9.59 Å². The van der Waals surface area contributed by atoms with Gasteiger partial charge in [0.2, 0.25) is 11.8 Å². The van der Waals surface area contributed by atoms with E-state index in [0.29, 0.717) is 53.2 Å². The zero-order chi connectivity index (χ0) is 27.9. The van der Waals surface area contributed by atoms with Gasteiger partial charge in [0.05, 0.1) is 0 Å². The Labute approximate surface area is 245 Å². The monoisotopic (exact) mass is 580 g/mol. The van der Waals surface area contributed by atoms with Gasteiger partial charge < -0.3 is 19.7 Å². The first-order chi connectivity index (χ1) is 19.5. The van der Waals surface area contributed by atoms with Gasteiger partial charge in [-0.1, -0.05) is 78.5 Å². The number of ether oxygens (including phenoxy) is 2. The molecule has 1 N–H and O–H groups in total. The second kappa shape index (κ2) is 13.4. The van der Waals surface area contributed by atoms with Crippen molar-refractivity contribution in [1.82, 2.24) is 10.2 Å². The number of halogens is 2. The van der Waals surface area contributed by atoms with Crippen LogP contribution in [0.15, 0.2) is 66.7 Å². The summed E-state index contributed by atoms with van der Waals surface area (Å²) >= 11 is 13.1. The van der Waals surface area contributed by atoms with E-state index in [1.165, 1.54) is 0 Å². The summed E-state index contributed by atoms with van der Waals surface area (Å²) in [5.74, 6) is 1.11. The number of carbonyl (C=O) groups is 2. The molecule has 6 nitrogen and oxygen atoms in total. The molecule has 0 saturated heterocycles. The molecule has 1 saturated carbocycles. The third kappa shape index (κ3) is 7.10. The number of amides is 2. The van der Waals surface area contributed by atoms with E-state index in [-0.39, 0.29) is 30.8 Å². The number of nitrogens with zero attached hydrogens (tertiary/aromatic N) is 1. The Morgan fingerprint density at radius 3 is 2.30 bits per heavy atom. The van der Waals surface area contributed by atoms with Crippen LogP contribution in [0.2, 0.25) is 10.0 Å². The van der Waals surface area contributed by atoms with Gasteiger partial charge in [-0.2, -0.15) is 0 Å². The average Bonchev–Trinajstić information content (AvgIpc) is 3.48. The number of fused-ring (bicyclic) bond motifs is 1. The molecule has 8 heteroatoms. The van der Waals surface area contributed by atoms with Gasteiger partial charge in [-0.15, -0.1) is 0 Å². The number of rotatable bonds is 10. The van der Waals surface area contributed by atoms with Gasteiger partial charge in [0.15, 0.2) is 11.5 Å². The van der Waals surface area contributed by atoms with Crippen molar-refractivity contribution in [3.05, 3.63) is 93.5 Å². The lowest BCUT2D eigenvalue weighted by atomic mass is 10.0. The minimum Gasteiger partial charge on any atom is -0.486 e. The summed E-state index contributed by atoms with van der Waals surface area (Å²) < 4.78 is 11.4. The van der Waals surface area contributed by atoms with E-state index < -0.39 is 6.04 Å². The lowest BCUT2D eigenvalue weighted by Crippen LogP contribution is -2.52. The Hall–Kier alpha value is -3.22. The van der Waals surface area contributed by atoms with Crippen molar-refractivity contribution in [3.8, 4) is 11.5 Å². The molecular formula is C32H34Cl2N2O4. The van der Waals surface area contributed by atoms with Crippen LogP contribution in [0, 0.1) is 0 Å². The first-order valence-electron chi connectivity index (χ1n) is 13.9. The smallest absolute Gasteiger partial charge is 0.243 e. The van der Waals surface area contributed by atoms with Crippen LogP contribution in [0.4, 0.5) is 0 Å². The summed E-state index contributed by atoms with van der Waals surface area (Å²) in [7, 11) is 0. The van der Waals surface area contributed by atoms with Crippen LogP contribution in [0.1, 0.15) is 48.8 Å². The summed E-state index contributed by atoms with van der Waals surface area (Å²) in [5.41, 5.74) is 2.57. The van der Waals surface area contributed by atoms with Crippen LogP contribution in [0.5, 0.6) is 11.5 Å².